The fourth-order valence-electron chi connectivity index (χ4n) is 3.87. The highest BCUT2D eigenvalue weighted by atomic mass is 19.4. The Morgan fingerprint density at radius 3 is 2.17 bits per heavy atom. The van der Waals surface area contributed by atoms with Crippen LogP contribution in [0.25, 0.3) is 0 Å². The molecule has 3 N–H and O–H groups in total. The van der Waals surface area contributed by atoms with E-state index in [1.165, 1.54) is 0 Å². The molecule has 1 aliphatic rings. The molecule has 0 fully saturated rings. The highest BCUT2D eigenvalue weighted by molar-refractivity contribution is 6.06. The third-order valence-electron chi connectivity index (χ3n) is 5.41. The van der Waals surface area contributed by atoms with Crippen molar-refractivity contribution in [3.05, 3.63) is 87.9 Å². The van der Waals surface area contributed by atoms with Crippen molar-refractivity contribution in [3.63, 3.8) is 0 Å². The first kappa shape index (κ1) is 25.8. The number of esters is 2. The fourth-order valence-corrected chi connectivity index (χ4v) is 3.87. The van der Waals surface area contributed by atoms with Crippen LogP contribution < -0.4 is 10.6 Å². The minimum absolute atomic E-state index is 0.259. The second kappa shape index (κ2) is 9.83. The maximum atomic E-state index is 13.7. The van der Waals surface area contributed by atoms with Gasteiger partial charge in [-0.15, -0.1) is 0 Å². The average Bonchev–Trinajstić information content (AvgIpc) is 2.86. The molecule has 0 saturated carbocycles. The Kier molecular flexibility index (Phi) is 7.05. The monoisotopic (exact) mass is 501 g/mol. The number of halogens is 3. The molecule has 0 aliphatic carbocycles. The van der Waals surface area contributed by atoms with Gasteiger partial charge in [0.2, 0.25) is 0 Å². The van der Waals surface area contributed by atoms with Gasteiger partial charge in [0.05, 0.1) is 48.5 Å². The Bertz CT molecular complexity index is 1340. The number of methoxy groups -OCH3 is 2. The molecule has 0 saturated heterocycles. The molecule has 1 heterocycles. The first-order valence-corrected chi connectivity index (χ1v) is 10.1. The zero-order chi connectivity index (χ0) is 26.8. The van der Waals surface area contributed by atoms with Crippen LogP contribution in [0.4, 0.5) is 18.9 Å². The molecule has 0 radical (unpaired) electrons. The molecule has 186 valence electrons. The van der Waals surface area contributed by atoms with Crippen LogP contribution >= 0.6 is 0 Å². The molecule has 2 aromatic rings. The van der Waals surface area contributed by atoms with Crippen molar-refractivity contribution in [2.24, 2.45) is 5.73 Å². The lowest BCUT2D eigenvalue weighted by Gasteiger charge is -2.36. The second-order valence-electron chi connectivity index (χ2n) is 7.37. The number of nitrogens with zero attached hydrogens (tertiary/aromatic N) is 2. The van der Waals surface area contributed by atoms with Crippen molar-refractivity contribution in [1.29, 1.82) is 5.26 Å². The van der Waals surface area contributed by atoms with Crippen molar-refractivity contribution >= 4 is 23.6 Å². The molecule has 1 atom stereocenters. The molecule has 9 nitrogen and oxygen atoms in total. The van der Waals surface area contributed by atoms with E-state index in [9.17, 15) is 37.9 Å². The molecule has 0 spiro atoms. The summed E-state index contributed by atoms with van der Waals surface area (Å²) in [6.45, 7) is 0. The Morgan fingerprint density at radius 2 is 1.67 bits per heavy atom. The third kappa shape index (κ3) is 4.46. The zero-order valence-electron chi connectivity index (χ0n) is 18.8. The number of hydrogen-bond donors (Lipinski definition) is 2. The molecule has 3 rings (SSSR count). The number of carboxylic acids is 1. The highest BCUT2D eigenvalue weighted by Gasteiger charge is 2.44. The number of carbonyl (C=O) groups excluding carboxylic acids is 2. The molecule has 0 aromatic heterocycles. The van der Waals surface area contributed by atoms with Crippen molar-refractivity contribution < 1.29 is 42.1 Å². The number of allylic oxidation sites excluding steroid dienone is 1. The van der Waals surface area contributed by atoms with Gasteiger partial charge in [-0.2, -0.15) is 18.4 Å². The number of rotatable bonds is 5. The molecule has 12 heteroatoms. The molecular formula is C24H18F3N3O6. The van der Waals surface area contributed by atoms with Crippen molar-refractivity contribution in [1.82, 2.24) is 0 Å². The lowest BCUT2D eigenvalue weighted by Crippen LogP contribution is -2.41. The van der Waals surface area contributed by atoms with Gasteiger partial charge >= 0.3 is 24.1 Å². The topological polar surface area (TPSA) is 143 Å². The lowest BCUT2D eigenvalue weighted by molar-refractivity contribution is -0.139. The fraction of sp³-hybridized carbons (Fsp3) is 0.167. The Balaban J connectivity index is 2.45. The molecule has 1 unspecified atom stereocenters. The van der Waals surface area contributed by atoms with Gasteiger partial charge in [0.25, 0.3) is 0 Å². The Labute approximate surface area is 202 Å². The van der Waals surface area contributed by atoms with Gasteiger partial charge in [0.1, 0.15) is 11.5 Å². The largest absolute Gasteiger partial charge is 0.478 e. The van der Waals surface area contributed by atoms with E-state index in [2.05, 4.69) is 0 Å². The number of anilines is 1. The number of hydrogen-bond acceptors (Lipinski definition) is 8. The number of alkyl halides is 3. The number of nitriles is 1. The second-order valence-corrected chi connectivity index (χ2v) is 7.37. The Morgan fingerprint density at radius 1 is 1.06 bits per heavy atom. The van der Waals surface area contributed by atoms with E-state index in [1.807, 2.05) is 6.07 Å². The molecule has 36 heavy (non-hydrogen) atoms. The minimum Gasteiger partial charge on any atom is -0.478 e. The smallest absolute Gasteiger partial charge is 0.417 e. The SMILES string of the molecule is COC(=O)C1=C(C(=O)OC)N(c2ccc(C(=O)O)c(C(F)(F)F)c2)C(N)=C(C#N)C1c1ccccc1. The number of nitrogens with two attached hydrogens (primary N) is 1. The van der Waals surface area contributed by atoms with E-state index in [4.69, 9.17) is 15.2 Å². The van der Waals surface area contributed by atoms with Crippen LogP contribution in [-0.2, 0) is 25.2 Å². The van der Waals surface area contributed by atoms with Crippen molar-refractivity contribution in [3.8, 4) is 6.07 Å². The van der Waals surface area contributed by atoms with Gasteiger partial charge in [0.15, 0.2) is 0 Å². The quantitative estimate of drug-likeness (QED) is 0.590. The number of benzene rings is 2. The lowest BCUT2D eigenvalue weighted by atomic mass is 9.81. The van der Waals surface area contributed by atoms with E-state index in [0.29, 0.717) is 17.7 Å². The van der Waals surface area contributed by atoms with Crippen LogP contribution in [0, 0.1) is 11.3 Å². The molecule has 0 amide bonds. The summed E-state index contributed by atoms with van der Waals surface area (Å²) in [5.41, 5.74) is 2.32. The molecule has 2 aromatic carbocycles. The first-order chi connectivity index (χ1) is 17.0. The van der Waals surface area contributed by atoms with Crippen molar-refractivity contribution in [2.45, 2.75) is 12.1 Å². The summed E-state index contributed by atoms with van der Waals surface area (Å²) in [7, 11) is 2.00. The van der Waals surface area contributed by atoms with Crippen LogP contribution in [0.5, 0.6) is 0 Å². The molecule has 1 aliphatic heterocycles. The van der Waals surface area contributed by atoms with Crippen LogP contribution in [0.15, 0.2) is 71.2 Å². The van der Waals surface area contributed by atoms with E-state index < -0.39 is 63.9 Å². The summed E-state index contributed by atoms with van der Waals surface area (Å²) in [5, 5.41) is 19.2. The third-order valence-corrected chi connectivity index (χ3v) is 5.41. The summed E-state index contributed by atoms with van der Waals surface area (Å²) < 4.78 is 50.8. The van der Waals surface area contributed by atoms with E-state index in [-0.39, 0.29) is 5.57 Å². The van der Waals surface area contributed by atoms with Gasteiger partial charge in [-0.05, 0) is 23.8 Å². The number of ether oxygens (including phenoxy) is 2. The van der Waals surface area contributed by atoms with Crippen LogP contribution in [0.3, 0.4) is 0 Å². The number of carboxylic acid groups (broad SMARTS) is 1. The van der Waals surface area contributed by atoms with E-state index in [1.54, 1.807) is 30.3 Å². The minimum atomic E-state index is -5.09. The number of aromatic carboxylic acids is 1. The zero-order valence-corrected chi connectivity index (χ0v) is 18.8. The molecule has 0 bridgehead atoms. The predicted octanol–water partition coefficient (Wildman–Crippen LogP) is 3.30. The summed E-state index contributed by atoms with van der Waals surface area (Å²) in [4.78, 5) is 38.0. The Hall–Kier alpha value is -4.79. The average molecular weight is 501 g/mol. The maximum absolute atomic E-state index is 13.7. The summed E-state index contributed by atoms with van der Waals surface area (Å²) in [5.74, 6) is -5.73. The summed E-state index contributed by atoms with van der Waals surface area (Å²) >= 11 is 0. The van der Waals surface area contributed by atoms with Gasteiger partial charge < -0.3 is 20.3 Å². The number of carbonyl (C=O) groups is 3. The van der Waals surface area contributed by atoms with Gasteiger partial charge in [-0.1, -0.05) is 30.3 Å². The van der Waals surface area contributed by atoms with Gasteiger partial charge in [-0.25, -0.2) is 14.4 Å². The predicted molar refractivity (Wildman–Crippen MR) is 118 cm³/mol. The standard InChI is InChI=1S/C24H18F3N3O6/c1-35-22(33)18-17(12-6-4-3-5-7-12)15(11-28)20(29)30(19(18)23(34)36-2)13-8-9-14(21(31)32)16(10-13)24(25,26)27/h3-10,17H,29H2,1-2H3,(H,31,32). The molecular weight excluding hydrogens is 483 g/mol. The highest BCUT2D eigenvalue weighted by Crippen LogP contribution is 2.44. The maximum Gasteiger partial charge on any atom is 0.417 e. The summed E-state index contributed by atoms with van der Waals surface area (Å²) in [6.07, 6.45) is -5.09. The van der Waals surface area contributed by atoms with Gasteiger partial charge in [0, 0.05) is 5.69 Å². The first-order valence-electron chi connectivity index (χ1n) is 10.1. The normalized spacial score (nSPS) is 15.9. The summed E-state index contributed by atoms with van der Waals surface area (Å²) in [6, 6.07) is 12.0. The van der Waals surface area contributed by atoms with E-state index in [0.717, 1.165) is 25.2 Å². The van der Waals surface area contributed by atoms with Crippen LogP contribution in [0.1, 0.15) is 27.4 Å². The van der Waals surface area contributed by atoms with Gasteiger partial charge in [-0.3, -0.25) is 4.90 Å². The van der Waals surface area contributed by atoms with Crippen LogP contribution in [-0.4, -0.2) is 37.2 Å². The van der Waals surface area contributed by atoms with E-state index >= 15 is 0 Å². The van der Waals surface area contributed by atoms with Crippen molar-refractivity contribution in [2.75, 3.05) is 19.1 Å². The van der Waals surface area contributed by atoms with Crippen LogP contribution in [0.2, 0.25) is 0 Å².